The first kappa shape index (κ1) is 22.5. The van der Waals surface area contributed by atoms with E-state index in [0.29, 0.717) is 27.3 Å². The highest BCUT2D eigenvalue weighted by molar-refractivity contribution is 8.14. The standard InChI is InChI=1S/C26H21ClN2O4S/c1-14-3-6-16(7-4-14)19-13-34-26(28-19)29-22(17-8-10-18(27)11-9-17)21(24(31)25(29)32)23(30)20-12-5-15(2)33-20/h3-12,19,22,31H,13H2,1-2H3. The highest BCUT2D eigenvalue weighted by Gasteiger charge is 2.47. The summed E-state index contributed by atoms with van der Waals surface area (Å²) in [6, 6.07) is 17.2. The molecule has 8 heteroatoms. The Bertz CT molecular complexity index is 1340. The maximum Gasteiger partial charge on any atom is 0.296 e. The summed E-state index contributed by atoms with van der Waals surface area (Å²) in [5.74, 6) is -0.532. The molecule has 3 aromatic rings. The topological polar surface area (TPSA) is 83.1 Å². The SMILES string of the molecule is Cc1ccc(C2CSC(N3C(=O)C(O)=C(C(=O)c4ccc(C)o4)C3c3ccc(Cl)cc3)=N2)cc1. The van der Waals surface area contributed by atoms with Gasteiger partial charge in [0.25, 0.3) is 5.91 Å². The fourth-order valence-electron chi connectivity index (χ4n) is 4.14. The van der Waals surface area contributed by atoms with Crippen molar-refractivity contribution in [3.8, 4) is 0 Å². The van der Waals surface area contributed by atoms with Gasteiger partial charge in [0.1, 0.15) is 5.76 Å². The fourth-order valence-corrected chi connectivity index (χ4v) is 5.37. The number of halogens is 1. The van der Waals surface area contributed by atoms with E-state index in [1.165, 1.54) is 16.7 Å². The molecule has 0 saturated heterocycles. The number of amidine groups is 1. The Morgan fingerprint density at radius 1 is 1.06 bits per heavy atom. The van der Waals surface area contributed by atoms with Crippen molar-refractivity contribution >= 4 is 40.2 Å². The molecule has 2 aliphatic rings. The average molecular weight is 493 g/mol. The number of carbonyl (C=O) groups excluding carboxylic acids is 2. The van der Waals surface area contributed by atoms with E-state index in [4.69, 9.17) is 21.0 Å². The van der Waals surface area contributed by atoms with Crippen LogP contribution in [0.15, 0.2) is 81.4 Å². The van der Waals surface area contributed by atoms with Gasteiger partial charge in [-0.3, -0.25) is 19.5 Å². The number of thioether (sulfide) groups is 1. The number of aliphatic imine (C=N–C) groups is 1. The molecule has 172 valence electrons. The minimum atomic E-state index is -0.856. The molecule has 2 aromatic carbocycles. The number of benzene rings is 2. The Morgan fingerprint density at radius 2 is 1.74 bits per heavy atom. The molecule has 2 aliphatic heterocycles. The minimum Gasteiger partial charge on any atom is -0.503 e. The van der Waals surface area contributed by atoms with Gasteiger partial charge in [0, 0.05) is 10.8 Å². The lowest BCUT2D eigenvalue weighted by Crippen LogP contribution is -2.34. The van der Waals surface area contributed by atoms with Crippen LogP contribution in [-0.4, -0.2) is 32.6 Å². The molecule has 6 nitrogen and oxygen atoms in total. The van der Waals surface area contributed by atoms with Crippen molar-refractivity contribution in [2.75, 3.05) is 5.75 Å². The second kappa shape index (κ2) is 8.81. The number of Topliss-reactive ketones (excluding diaryl/α,β-unsaturated/α-hetero) is 1. The highest BCUT2D eigenvalue weighted by atomic mass is 35.5. The van der Waals surface area contributed by atoms with Crippen LogP contribution in [0, 0.1) is 13.8 Å². The van der Waals surface area contributed by atoms with Crippen molar-refractivity contribution in [2.24, 2.45) is 4.99 Å². The number of hydrogen-bond acceptors (Lipinski definition) is 6. The van der Waals surface area contributed by atoms with E-state index in [1.807, 2.05) is 31.2 Å². The number of hydrogen-bond donors (Lipinski definition) is 1. The molecule has 1 amide bonds. The first-order valence-corrected chi connectivity index (χ1v) is 12.1. The third kappa shape index (κ3) is 3.95. The molecule has 2 unspecified atom stereocenters. The Kier molecular flexibility index (Phi) is 5.83. The first-order chi connectivity index (χ1) is 16.3. The molecule has 0 radical (unpaired) electrons. The molecular weight excluding hydrogens is 472 g/mol. The lowest BCUT2D eigenvalue weighted by molar-refractivity contribution is -0.125. The van der Waals surface area contributed by atoms with Gasteiger partial charge in [-0.15, -0.1) is 0 Å². The summed E-state index contributed by atoms with van der Waals surface area (Å²) in [4.78, 5) is 32.9. The van der Waals surface area contributed by atoms with Gasteiger partial charge in [-0.25, -0.2) is 0 Å². The Hall–Kier alpha value is -3.29. The molecule has 2 atom stereocenters. The Balaban J connectivity index is 1.57. The van der Waals surface area contributed by atoms with Crippen LogP contribution in [0.2, 0.25) is 5.02 Å². The molecule has 0 fully saturated rings. The van der Waals surface area contributed by atoms with Gasteiger partial charge in [0.2, 0.25) is 5.78 Å². The van der Waals surface area contributed by atoms with Gasteiger partial charge in [0.05, 0.1) is 17.7 Å². The molecule has 0 saturated carbocycles. The van der Waals surface area contributed by atoms with Crippen LogP contribution in [0.25, 0.3) is 0 Å². The number of carbonyl (C=O) groups is 2. The van der Waals surface area contributed by atoms with Gasteiger partial charge >= 0.3 is 0 Å². The maximum atomic E-state index is 13.4. The number of amides is 1. The zero-order valence-corrected chi connectivity index (χ0v) is 20.1. The molecule has 0 bridgehead atoms. The summed E-state index contributed by atoms with van der Waals surface area (Å²) in [5, 5.41) is 11.8. The van der Waals surface area contributed by atoms with Gasteiger partial charge in [-0.1, -0.05) is 65.3 Å². The number of ketones is 1. The molecule has 34 heavy (non-hydrogen) atoms. The van der Waals surface area contributed by atoms with E-state index in [1.54, 1.807) is 43.3 Å². The lowest BCUT2D eigenvalue weighted by Gasteiger charge is -2.25. The summed E-state index contributed by atoms with van der Waals surface area (Å²) >= 11 is 7.51. The molecule has 3 heterocycles. The largest absolute Gasteiger partial charge is 0.503 e. The van der Waals surface area contributed by atoms with Crippen molar-refractivity contribution in [1.82, 2.24) is 4.90 Å². The van der Waals surface area contributed by atoms with Crippen molar-refractivity contribution in [3.63, 3.8) is 0 Å². The predicted octanol–water partition coefficient (Wildman–Crippen LogP) is 5.97. The monoisotopic (exact) mass is 492 g/mol. The van der Waals surface area contributed by atoms with Gasteiger partial charge in [-0.2, -0.15) is 0 Å². The van der Waals surface area contributed by atoms with E-state index in [2.05, 4.69) is 0 Å². The van der Waals surface area contributed by atoms with E-state index >= 15 is 0 Å². The first-order valence-electron chi connectivity index (χ1n) is 10.7. The number of nitrogens with zero attached hydrogens (tertiary/aromatic N) is 2. The van der Waals surface area contributed by atoms with Crippen molar-refractivity contribution in [3.05, 3.63) is 105 Å². The Morgan fingerprint density at radius 3 is 2.38 bits per heavy atom. The molecule has 0 aliphatic carbocycles. The van der Waals surface area contributed by atoms with Gasteiger partial charge in [0.15, 0.2) is 16.7 Å². The quantitative estimate of drug-likeness (QED) is 0.453. The molecule has 5 rings (SSSR count). The minimum absolute atomic E-state index is 0.0382. The number of aryl methyl sites for hydroxylation is 2. The normalized spacial score (nSPS) is 20.3. The zero-order chi connectivity index (χ0) is 24.0. The summed E-state index contributed by atoms with van der Waals surface area (Å²) in [5.41, 5.74) is 2.79. The summed E-state index contributed by atoms with van der Waals surface area (Å²) in [7, 11) is 0. The van der Waals surface area contributed by atoms with Crippen LogP contribution < -0.4 is 0 Å². The average Bonchev–Trinajstić information content (AvgIpc) is 3.54. The van der Waals surface area contributed by atoms with Crippen LogP contribution in [0.5, 0.6) is 0 Å². The van der Waals surface area contributed by atoms with E-state index in [9.17, 15) is 14.7 Å². The van der Waals surface area contributed by atoms with Crippen LogP contribution >= 0.6 is 23.4 Å². The molecule has 1 aromatic heterocycles. The lowest BCUT2D eigenvalue weighted by atomic mass is 9.95. The van der Waals surface area contributed by atoms with Crippen LogP contribution in [0.1, 0.15) is 45.1 Å². The summed E-state index contributed by atoms with van der Waals surface area (Å²) in [6.45, 7) is 3.75. The van der Waals surface area contributed by atoms with E-state index < -0.39 is 23.5 Å². The number of furan rings is 1. The van der Waals surface area contributed by atoms with Crippen molar-refractivity contribution in [1.29, 1.82) is 0 Å². The molecule has 1 N–H and O–H groups in total. The second-order valence-corrected chi connectivity index (χ2v) is 9.70. The van der Waals surface area contributed by atoms with Crippen LogP contribution in [-0.2, 0) is 4.79 Å². The highest BCUT2D eigenvalue weighted by Crippen LogP contribution is 2.43. The van der Waals surface area contributed by atoms with E-state index in [-0.39, 0.29) is 17.4 Å². The number of rotatable bonds is 4. The summed E-state index contributed by atoms with van der Waals surface area (Å²) < 4.78 is 5.51. The van der Waals surface area contributed by atoms with Gasteiger partial charge in [-0.05, 0) is 49.2 Å². The Labute approximate surface area is 205 Å². The molecular formula is C26H21ClN2O4S. The third-order valence-corrected chi connectivity index (χ3v) is 7.20. The second-order valence-electron chi connectivity index (χ2n) is 8.28. The van der Waals surface area contributed by atoms with Crippen molar-refractivity contribution < 1.29 is 19.1 Å². The number of aliphatic hydroxyl groups is 1. The number of aliphatic hydroxyl groups excluding tert-OH is 1. The van der Waals surface area contributed by atoms with Crippen LogP contribution in [0.3, 0.4) is 0 Å². The zero-order valence-electron chi connectivity index (χ0n) is 18.5. The third-order valence-electron chi connectivity index (χ3n) is 5.91. The predicted molar refractivity (Wildman–Crippen MR) is 132 cm³/mol. The smallest absolute Gasteiger partial charge is 0.296 e. The molecule has 0 spiro atoms. The van der Waals surface area contributed by atoms with Crippen molar-refractivity contribution in [2.45, 2.75) is 25.9 Å². The van der Waals surface area contributed by atoms with Gasteiger partial charge < -0.3 is 9.52 Å². The fraction of sp³-hybridized carbons (Fsp3) is 0.192. The maximum absolute atomic E-state index is 13.4. The van der Waals surface area contributed by atoms with Crippen LogP contribution in [0.4, 0.5) is 0 Å². The summed E-state index contributed by atoms with van der Waals surface area (Å²) in [6.07, 6.45) is 0. The van der Waals surface area contributed by atoms with E-state index in [0.717, 1.165) is 11.1 Å².